The second-order valence-electron chi connectivity index (χ2n) is 6.92. The minimum absolute atomic E-state index is 0.642. The van der Waals surface area contributed by atoms with Crippen molar-refractivity contribution in [2.75, 3.05) is 54.1 Å². The van der Waals surface area contributed by atoms with E-state index in [0.717, 1.165) is 39.3 Å². The molecule has 1 saturated heterocycles. The van der Waals surface area contributed by atoms with Gasteiger partial charge in [-0.15, -0.1) is 0 Å². The molecule has 1 aliphatic heterocycles. The Hall–Kier alpha value is -2.50. The highest BCUT2D eigenvalue weighted by Crippen LogP contribution is 2.38. The molecule has 0 saturated carbocycles. The fourth-order valence-electron chi connectivity index (χ4n) is 3.52. The normalized spacial score (nSPS) is 15.7. The lowest BCUT2D eigenvalue weighted by molar-refractivity contribution is 0.137. The molecule has 150 valence electrons. The molecule has 1 aliphatic rings. The Bertz CT molecular complexity index is 744. The van der Waals surface area contributed by atoms with Crippen molar-refractivity contribution in [1.29, 1.82) is 0 Å². The molecule has 28 heavy (non-hydrogen) atoms. The van der Waals surface area contributed by atoms with Crippen LogP contribution in [0.3, 0.4) is 0 Å². The summed E-state index contributed by atoms with van der Waals surface area (Å²) in [6.45, 7) is 6.12. The van der Waals surface area contributed by atoms with Gasteiger partial charge in [-0.3, -0.25) is 9.80 Å². The lowest BCUT2D eigenvalue weighted by Gasteiger charge is -2.34. The number of hydrogen-bond donors (Lipinski definition) is 0. The number of nitrogens with zero attached hydrogens (tertiary/aromatic N) is 2. The van der Waals surface area contributed by atoms with Crippen molar-refractivity contribution in [3.63, 3.8) is 0 Å². The summed E-state index contributed by atoms with van der Waals surface area (Å²) in [7, 11) is 4.94. The summed E-state index contributed by atoms with van der Waals surface area (Å²) in [5.74, 6) is 2.06. The molecule has 0 atom stereocenters. The molecular weight excluding hydrogens is 352 g/mol. The van der Waals surface area contributed by atoms with Gasteiger partial charge >= 0.3 is 0 Å². The Morgan fingerprint density at radius 3 is 2.00 bits per heavy atom. The molecule has 2 aromatic carbocycles. The molecule has 0 spiro atoms. The third-order valence-corrected chi connectivity index (χ3v) is 5.07. The highest BCUT2D eigenvalue weighted by molar-refractivity contribution is 5.53. The summed E-state index contributed by atoms with van der Waals surface area (Å²) in [6.07, 6.45) is 4.45. The monoisotopic (exact) mass is 382 g/mol. The molecule has 1 fully saturated rings. The van der Waals surface area contributed by atoms with Gasteiger partial charge in [0.15, 0.2) is 11.5 Å². The molecule has 0 N–H and O–H groups in total. The minimum atomic E-state index is 0.642. The van der Waals surface area contributed by atoms with Crippen molar-refractivity contribution in [1.82, 2.24) is 9.80 Å². The first-order valence-electron chi connectivity index (χ1n) is 9.68. The Morgan fingerprint density at radius 1 is 0.821 bits per heavy atom. The van der Waals surface area contributed by atoms with Crippen molar-refractivity contribution < 1.29 is 14.2 Å². The van der Waals surface area contributed by atoms with Crippen LogP contribution < -0.4 is 14.2 Å². The van der Waals surface area contributed by atoms with Crippen LogP contribution >= 0.6 is 0 Å². The van der Waals surface area contributed by atoms with E-state index in [-0.39, 0.29) is 0 Å². The van der Waals surface area contributed by atoms with Gasteiger partial charge in [0, 0.05) is 39.3 Å². The number of methoxy groups -OCH3 is 3. The Morgan fingerprint density at radius 2 is 1.43 bits per heavy atom. The van der Waals surface area contributed by atoms with Crippen LogP contribution in [-0.2, 0) is 6.54 Å². The first-order chi connectivity index (χ1) is 13.7. The highest BCUT2D eigenvalue weighted by Gasteiger charge is 2.18. The zero-order valence-electron chi connectivity index (χ0n) is 17.1. The molecule has 1 heterocycles. The predicted octanol–water partition coefficient (Wildman–Crippen LogP) is 3.54. The summed E-state index contributed by atoms with van der Waals surface area (Å²) in [5.41, 5.74) is 2.43. The smallest absolute Gasteiger partial charge is 0.203 e. The summed E-state index contributed by atoms with van der Waals surface area (Å²) >= 11 is 0. The van der Waals surface area contributed by atoms with Gasteiger partial charge in [-0.25, -0.2) is 0 Å². The molecule has 0 amide bonds. The molecule has 0 aromatic heterocycles. The predicted molar refractivity (Wildman–Crippen MR) is 113 cm³/mol. The minimum Gasteiger partial charge on any atom is -0.493 e. The maximum Gasteiger partial charge on any atom is 0.203 e. The summed E-state index contributed by atoms with van der Waals surface area (Å²) in [6, 6.07) is 14.5. The summed E-state index contributed by atoms with van der Waals surface area (Å²) < 4.78 is 16.3. The molecule has 0 radical (unpaired) electrons. The van der Waals surface area contributed by atoms with Crippen LogP contribution in [0.5, 0.6) is 17.2 Å². The van der Waals surface area contributed by atoms with Crippen LogP contribution in [0.15, 0.2) is 48.5 Å². The van der Waals surface area contributed by atoms with E-state index in [1.165, 1.54) is 11.1 Å². The standard InChI is InChI=1S/C23H30N2O3/c1-26-21-16-20(17-22(27-2)23(21)28-3)18-25-14-12-24(13-15-25)11-7-10-19-8-5-4-6-9-19/h4-10,16-17H,11-15,18H2,1-3H3/b10-7+. The van der Waals surface area contributed by atoms with Crippen LogP contribution in [-0.4, -0.2) is 63.9 Å². The van der Waals surface area contributed by atoms with E-state index in [1.54, 1.807) is 21.3 Å². The van der Waals surface area contributed by atoms with Gasteiger partial charge < -0.3 is 14.2 Å². The summed E-state index contributed by atoms with van der Waals surface area (Å²) in [5, 5.41) is 0. The van der Waals surface area contributed by atoms with Crippen molar-refractivity contribution in [2.24, 2.45) is 0 Å². The first kappa shape index (κ1) is 20.2. The molecule has 0 aliphatic carbocycles. The Labute approximate surface area is 168 Å². The van der Waals surface area contributed by atoms with E-state index in [4.69, 9.17) is 14.2 Å². The van der Waals surface area contributed by atoms with Gasteiger partial charge in [0.1, 0.15) is 0 Å². The third-order valence-electron chi connectivity index (χ3n) is 5.07. The number of ether oxygens (including phenoxy) is 3. The van der Waals surface area contributed by atoms with Crippen molar-refractivity contribution in [2.45, 2.75) is 6.54 Å². The first-order valence-corrected chi connectivity index (χ1v) is 9.68. The summed E-state index contributed by atoms with van der Waals surface area (Å²) in [4.78, 5) is 4.96. The van der Waals surface area contributed by atoms with Gasteiger partial charge in [0.05, 0.1) is 21.3 Å². The fourth-order valence-corrected chi connectivity index (χ4v) is 3.52. The maximum atomic E-state index is 5.47. The maximum absolute atomic E-state index is 5.47. The van der Waals surface area contributed by atoms with Crippen LogP contribution in [0.1, 0.15) is 11.1 Å². The van der Waals surface area contributed by atoms with Crippen molar-refractivity contribution in [3.8, 4) is 17.2 Å². The van der Waals surface area contributed by atoms with Gasteiger partial charge in [-0.2, -0.15) is 0 Å². The van der Waals surface area contributed by atoms with Gasteiger partial charge in [0.25, 0.3) is 0 Å². The number of hydrogen-bond acceptors (Lipinski definition) is 5. The topological polar surface area (TPSA) is 34.2 Å². The Balaban J connectivity index is 1.52. The average Bonchev–Trinajstić information content (AvgIpc) is 2.75. The SMILES string of the molecule is COc1cc(CN2CCN(C/C=C/c3ccccc3)CC2)cc(OC)c1OC. The highest BCUT2D eigenvalue weighted by atomic mass is 16.5. The van der Waals surface area contributed by atoms with Crippen LogP contribution in [0.4, 0.5) is 0 Å². The average molecular weight is 383 g/mol. The van der Waals surface area contributed by atoms with Gasteiger partial charge in [0.2, 0.25) is 5.75 Å². The van der Waals surface area contributed by atoms with E-state index in [0.29, 0.717) is 17.2 Å². The van der Waals surface area contributed by atoms with E-state index < -0.39 is 0 Å². The molecule has 5 nitrogen and oxygen atoms in total. The van der Waals surface area contributed by atoms with Gasteiger partial charge in [-0.1, -0.05) is 42.5 Å². The second kappa shape index (κ2) is 10.2. The molecular formula is C23H30N2O3. The molecule has 2 aromatic rings. The van der Waals surface area contributed by atoms with E-state index >= 15 is 0 Å². The number of rotatable bonds is 8. The zero-order chi connectivity index (χ0) is 19.8. The zero-order valence-corrected chi connectivity index (χ0v) is 17.1. The van der Waals surface area contributed by atoms with E-state index in [9.17, 15) is 0 Å². The fraction of sp³-hybridized carbons (Fsp3) is 0.391. The molecule has 5 heteroatoms. The van der Waals surface area contributed by atoms with E-state index in [1.807, 2.05) is 18.2 Å². The molecule has 0 unspecified atom stereocenters. The van der Waals surface area contributed by atoms with Crippen LogP contribution in [0, 0.1) is 0 Å². The quantitative estimate of drug-likeness (QED) is 0.698. The lowest BCUT2D eigenvalue weighted by atomic mass is 10.1. The van der Waals surface area contributed by atoms with Gasteiger partial charge in [-0.05, 0) is 23.3 Å². The lowest BCUT2D eigenvalue weighted by Crippen LogP contribution is -2.45. The Kier molecular flexibility index (Phi) is 7.34. The van der Waals surface area contributed by atoms with Crippen LogP contribution in [0.2, 0.25) is 0 Å². The van der Waals surface area contributed by atoms with Crippen molar-refractivity contribution in [3.05, 3.63) is 59.7 Å². The number of benzene rings is 2. The van der Waals surface area contributed by atoms with Crippen molar-refractivity contribution >= 4 is 6.08 Å². The molecule has 0 bridgehead atoms. The third kappa shape index (κ3) is 5.27. The largest absolute Gasteiger partial charge is 0.493 e. The number of piperazine rings is 1. The molecule has 3 rings (SSSR count). The van der Waals surface area contributed by atoms with Crippen LogP contribution in [0.25, 0.3) is 6.08 Å². The van der Waals surface area contributed by atoms with E-state index in [2.05, 4.69) is 46.2 Å². The second-order valence-corrected chi connectivity index (χ2v) is 6.92.